The summed E-state index contributed by atoms with van der Waals surface area (Å²) < 4.78 is 78.1. The normalized spacial score (nSPS) is 11.4. The van der Waals surface area contributed by atoms with Crippen LogP contribution in [0.5, 0.6) is 0 Å². The monoisotopic (exact) mass is 321 g/mol. The number of rotatable bonds is 3. The van der Waals surface area contributed by atoms with Crippen molar-refractivity contribution in [2.45, 2.75) is 5.03 Å². The lowest BCUT2D eigenvalue weighted by atomic mass is 10.3. The molecule has 2 aromatic rings. The molecule has 112 valence electrons. The first-order valence-corrected chi connectivity index (χ1v) is 6.78. The van der Waals surface area contributed by atoms with Gasteiger partial charge in [0.05, 0.1) is 5.69 Å². The summed E-state index contributed by atoms with van der Waals surface area (Å²) in [7, 11) is -4.62. The molecule has 0 bridgehead atoms. The summed E-state index contributed by atoms with van der Waals surface area (Å²) in [6.45, 7) is 0. The molecule has 0 saturated carbocycles. The largest absolute Gasteiger partial charge is 0.396 e. The van der Waals surface area contributed by atoms with Crippen LogP contribution in [-0.2, 0) is 10.0 Å². The fraction of sp³-hybridized carbons (Fsp3) is 0. The Morgan fingerprint density at radius 3 is 2.19 bits per heavy atom. The van der Waals surface area contributed by atoms with Gasteiger partial charge in [-0.05, 0) is 12.1 Å². The molecule has 1 aromatic carbocycles. The highest BCUT2D eigenvalue weighted by atomic mass is 32.2. The Morgan fingerprint density at radius 1 is 1.10 bits per heavy atom. The zero-order chi connectivity index (χ0) is 15.8. The third kappa shape index (κ3) is 2.75. The summed E-state index contributed by atoms with van der Waals surface area (Å²) in [5.74, 6) is -7.26. The molecule has 0 amide bonds. The van der Waals surface area contributed by atoms with Gasteiger partial charge in [0.1, 0.15) is 5.69 Å². The van der Waals surface area contributed by atoms with E-state index >= 15 is 0 Å². The maximum Gasteiger partial charge on any atom is 0.281 e. The lowest BCUT2D eigenvalue weighted by Gasteiger charge is -2.11. The summed E-state index contributed by atoms with van der Waals surface area (Å²) in [4.78, 5) is 3.44. The smallest absolute Gasteiger partial charge is 0.281 e. The number of nitrogen functional groups attached to an aromatic ring is 1. The number of benzene rings is 1. The molecule has 0 aliphatic heterocycles. The van der Waals surface area contributed by atoms with Crippen molar-refractivity contribution in [2.24, 2.45) is 0 Å². The van der Waals surface area contributed by atoms with Gasteiger partial charge in [-0.3, -0.25) is 4.72 Å². The molecular weight excluding hydrogens is 314 g/mol. The third-order valence-electron chi connectivity index (χ3n) is 2.40. The van der Waals surface area contributed by atoms with Gasteiger partial charge in [-0.25, -0.2) is 22.5 Å². The molecule has 0 fully saturated rings. The molecule has 0 spiro atoms. The van der Waals surface area contributed by atoms with Crippen LogP contribution in [0.2, 0.25) is 0 Å². The number of halogens is 4. The molecule has 1 heterocycles. The Bertz CT molecular complexity index is 785. The molecule has 0 atom stereocenters. The van der Waals surface area contributed by atoms with E-state index in [4.69, 9.17) is 5.73 Å². The predicted molar refractivity (Wildman–Crippen MR) is 65.7 cm³/mol. The Balaban J connectivity index is 2.55. The minimum absolute atomic E-state index is 0.0441. The van der Waals surface area contributed by atoms with Gasteiger partial charge in [-0.1, -0.05) is 0 Å². The number of aromatic nitrogens is 1. The SMILES string of the molecule is Nc1cccnc1S(=O)(=O)Nc1c(F)c(F)cc(F)c1F. The van der Waals surface area contributed by atoms with Gasteiger partial charge in [-0.2, -0.15) is 8.42 Å². The Labute approximate surface area is 116 Å². The van der Waals surface area contributed by atoms with Gasteiger partial charge < -0.3 is 5.73 Å². The molecule has 21 heavy (non-hydrogen) atoms. The second kappa shape index (κ2) is 5.20. The van der Waals surface area contributed by atoms with Crippen LogP contribution in [0.1, 0.15) is 0 Å². The second-order valence-electron chi connectivity index (χ2n) is 3.85. The van der Waals surface area contributed by atoms with Crippen molar-refractivity contribution in [2.75, 3.05) is 10.5 Å². The molecule has 10 heteroatoms. The van der Waals surface area contributed by atoms with Crippen molar-refractivity contribution >= 4 is 21.4 Å². The van der Waals surface area contributed by atoms with Crippen LogP contribution in [-0.4, -0.2) is 13.4 Å². The maximum atomic E-state index is 13.4. The molecule has 3 N–H and O–H groups in total. The fourth-order valence-electron chi connectivity index (χ4n) is 1.47. The quantitative estimate of drug-likeness (QED) is 0.669. The molecule has 0 aliphatic rings. The molecule has 0 unspecified atom stereocenters. The summed E-state index contributed by atoms with van der Waals surface area (Å²) >= 11 is 0. The van der Waals surface area contributed by atoms with E-state index < -0.39 is 44.0 Å². The molecule has 0 saturated heterocycles. The summed E-state index contributed by atoms with van der Waals surface area (Å²) in [6.07, 6.45) is 1.07. The van der Waals surface area contributed by atoms with E-state index in [0.717, 1.165) is 6.20 Å². The standard InChI is InChI=1S/C11H7F4N3O2S/c12-5-4-6(13)9(15)10(8(5)14)18-21(19,20)11-7(16)2-1-3-17-11/h1-4,18H,16H2. The van der Waals surface area contributed by atoms with E-state index in [0.29, 0.717) is 0 Å². The van der Waals surface area contributed by atoms with Gasteiger partial charge in [0.25, 0.3) is 10.0 Å². The van der Waals surface area contributed by atoms with Crippen molar-refractivity contribution in [3.05, 3.63) is 47.7 Å². The highest BCUT2D eigenvalue weighted by molar-refractivity contribution is 7.92. The highest BCUT2D eigenvalue weighted by Gasteiger charge is 2.26. The molecular formula is C11H7F4N3O2S. The van der Waals surface area contributed by atoms with E-state index in [2.05, 4.69) is 4.98 Å². The van der Waals surface area contributed by atoms with Gasteiger partial charge in [0.15, 0.2) is 28.3 Å². The van der Waals surface area contributed by atoms with Gasteiger partial charge >= 0.3 is 0 Å². The topological polar surface area (TPSA) is 85.1 Å². The maximum absolute atomic E-state index is 13.4. The van der Waals surface area contributed by atoms with Crippen molar-refractivity contribution in [1.29, 1.82) is 0 Å². The number of hydrogen-bond acceptors (Lipinski definition) is 4. The molecule has 2 rings (SSSR count). The number of nitrogens with two attached hydrogens (primary N) is 1. The molecule has 0 aliphatic carbocycles. The van der Waals surface area contributed by atoms with E-state index in [1.807, 2.05) is 0 Å². The number of nitrogens with zero attached hydrogens (tertiary/aromatic N) is 1. The summed E-state index contributed by atoms with van der Waals surface area (Å²) in [5, 5.41) is -0.728. The highest BCUT2D eigenvalue weighted by Crippen LogP contribution is 2.27. The predicted octanol–water partition coefficient (Wildman–Crippen LogP) is 2.02. The van der Waals surface area contributed by atoms with Crippen LogP contribution in [0.4, 0.5) is 28.9 Å². The van der Waals surface area contributed by atoms with Crippen molar-refractivity contribution in [3.8, 4) is 0 Å². The van der Waals surface area contributed by atoms with Crippen molar-refractivity contribution in [1.82, 2.24) is 4.98 Å². The van der Waals surface area contributed by atoms with Gasteiger partial charge in [-0.15, -0.1) is 0 Å². The number of hydrogen-bond donors (Lipinski definition) is 2. The summed E-state index contributed by atoms with van der Waals surface area (Å²) in [6, 6.07) is 2.47. The summed E-state index contributed by atoms with van der Waals surface area (Å²) in [5.41, 5.74) is 3.59. The van der Waals surface area contributed by atoms with E-state index in [1.54, 1.807) is 0 Å². The Morgan fingerprint density at radius 2 is 1.67 bits per heavy atom. The van der Waals surface area contributed by atoms with Crippen molar-refractivity contribution in [3.63, 3.8) is 0 Å². The molecule has 0 radical (unpaired) electrons. The van der Waals surface area contributed by atoms with Crippen LogP contribution in [0.25, 0.3) is 0 Å². The number of pyridine rings is 1. The van der Waals surface area contributed by atoms with Gasteiger partial charge in [0.2, 0.25) is 0 Å². The first-order chi connectivity index (χ1) is 9.74. The second-order valence-corrected chi connectivity index (χ2v) is 5.44. The molecule has 5 nitrogen and oxygen atoms in total. The molecule has 1 aromatic heterocycles. The minimum atomic E-state index is -4.62. The number of nitrogens with one attached hydrogen (secondary N) is 1. The van der Waals surface area contributed by atoms with E-state index in [9.17, 15) is 26.0 Å². The van der Waals surface area contributed by atoms with E-state index in [-0.39, 0.29) is 11.8 Å². The number of anilines is 2. The van der Waals surface area contributed by atoms with Gasteiger partial charge in [0, 0.05) is 12.3 Å². The lowest BCUT2D eigenvalue weighted by Crippen LogP contribution is -2.19. The minimum Gasteiger partial charge on any atom is -0.396 e. The van der Waals surface area contributed by atoms with E-state index in [1.165, 1.54) is 16.9 Å². The lowest BCUT2D eigenvalue weighted by molar-refractivity contribution is 0.459. The van der Waals surface area contributed by atoms with Crippen LogP contribution in [0, 0.1) is 23.3 Å². The first kappa shape index (κ1) is 15.0. The van der Waals surface area contributed by atoms with Crippen LogP contribution in [0.15, 0.2) is 29.4 Å². The zero-order valence-corrected chi connectivity index (χ0v) is 10.9. The average Bonchev–Trinajstić information content (AvgIpc) is 2.42. The third-order valence-corrected chi connectivity index (χ3v) is 3.73. The zero-order valence-electron chi connectivity index (χ0n) is 10.1. The van der Waals surface area contributed by atoms with Crippen LogP contribution in [0.3, 0.4) is 0 Å². The first-order valence-electron chi connectivity index (χ1n) is 5.30. The number of sulfonamides is 1. The Hall–Kier alpha value is -2.36. The van der Waals surface area contributed by atoms with Crippen LogP contribution >= 0.6 is 0 Å². The average molecular weight is 321 g/mol. The van der Waals surface area contributed by atoms with Crippen LogP contribution < -0.4 is 10.5 Å². The fourth-order valence-corrected chi connectivity index (χ4v) is 2.60. The van der Waals surface area contributed by atoms with Crippen molar-refractivity contribution < 1.29 is 26.0 Å². The Kier molecular flexibility index (Phi) is 3.73.